The van der Waals surface area contributed by atoms with Crippen LogP contribution in [0.3, 0.4) is 0 Å². The fourth-order valence-corrected chi connectivity index (χ4v) is 2.82. The molecule has 22 heavy (non-hydrogen) atoms. The van der Waals surface area contributed by atoms with Crippen molar-refractivity contribution in [1.29, 1.82) is 0 Å². The van der Waals surface area contributed by atoms with Gasteiger partial charge in [0.1, 0.15) is 0 Å². The molecule has 0 unspecified atom stereocenters. The summed E-state index contributed by atoms with van der Waals surface area (Å²) in [7, 11) is 0. The van der Waals surface area contributed by atoms with Crippen molar-refractivity contribution in [2.24, 2.45) is 5.92 Å². The number of urea groups is 1. The maximum absolute atomic E-state index is 12.2. The molecule has 1 fully saturated rings. The molecule has 0 spiro atoms. The van der Waals surface area contributed by atoms with Gasteiger partial charge in [0.25, 0.3) is 5.56 Å². The SMILES string of the molecule is CC1CC(NC(=O)NCCn2ncc3ccccc3c2=O)C1. The average Bonchev–Trinajstić information content (AvgIpc) is 2.48. The summed E-state index contributed by atoms with van der Waals surface area (Å²) in [6.07, 6.45) is 3.75. The number of fused-ring (bicyclic) bond motifs is 1. The molecule has 0 radical (unpaired) electrons. The van der Waals surface area contributed by atoms with E-state index in [2.05, 4.69) is 22.7 Å². The minimum absolute atomic E-state index is 0.131. The van der Waals surface area contributed by atoms with Crippen LogP contribution < -0.4 is 16.2 Å². The van der Waals surface area contributed by atoms with Crippen LogP contribution >= 0.6 is 0 Å². The van der Waals surface area contributed by atoms with Gasteiger partial charge in [-0.2, -0.15) is 5.10 Å². The average molecular weight is 300 g/mol. The van der Waals surface area contributed by atoms with Crippen molar-refractivity contribution in [3.63, 3.8) is 0 Å². The van der Waals surface area contributed by atoms with E-state index in [4.69, 9.17) is 0 Å². The van der Waals surface area contributed by atoms with Crippen LogP contribution in [0.1, 0.15) is 19.8 Å². The van der Waals surface area contributed by atoms with Gasteiger partial charge in [-0.15, -0.1) is 0 Å². The van der Waals surface area contributed by atoms with Gasteiger partial charge >= 0.3 is 6.03 Å². The molecule has 1 aromatic heterocycles. The number of aromatic nitrogens is 2. The summed E-state index contributed by atoms with van der Waals surface area (Å²) in [6.45, 7) is 2.91. The molecular formula is C16H20N4O2. The zero-order chi connectivity index (χ0) is 15.5. The lowest BCUT2D eigenvalue weighted by molar-refractivity contribution is 0.210. The Bertz CT molecular complexity index is 734. The van der Waals surface area contributed by atoms with Gasteiger partial charge in [-0.1, -0.05) is 25.1 Å². The molecule has 1 aliphatic carbocycles. The molecule has 0 aliphatic heterocycles. The molecule has 3 rings (SSSR count). The van der Waals surface area contributed by atoms with Gasteiger partial charge < -0.3 is 10.6 Å². The minimum Gasteiger partial charge on any atom is -0.336 e. The number of nitrogens with one attached hydrogen (secondary N) is 2. The third-order valence-electron chi connectivity index (χ3n) is 4.08. The highest BCUT2D eigenvalue weighted by atomic mass is 16.2. The number of carbonyl (C=O) groups excluding carboxylic acids is 1. The molecule has 2 amide bonds. The molecule has 1 aliphatic rings. The van der Waals surface area contributed by atoms with Crippen LogP contribution in [0.15, 0.2) is 35.3 Å². The van der Waals surface area contributed by atoms with E-state index in [0.29, 0.717) is 24.4 Å². The molecule has 0 bridgehead atoms. The van der Waals surface area contributed by atoms with Crippen LogP contribution in [0.4, 0.5) is 4.79 Å². The van der Waals surface area contributed by atoms with E-state index in [-0.39, 0.29) is 17.6 Å². The standard InChI is InChI=1S/C16H20N4O2/c1-11-8-13(9-11)19-16(22)17-6-7-20-15(21)14-5-3-2-4-12(14)10-18-20/h2-5,10-11,13H,6-9H2,1H3,(H2,17,19,22). The van der Waals surface area contributed by atoms with Crippen molar-refractivity contribution < 1.29 is 4.79 Å². The Morgan fingerprint density at radius 1 is 1.36 bits per heavy atom. The van der Waals surface area contributed by atoms with Crippen LogP contribution in [0, 0.1) is 5.92 Å². The van der Waals surface area contributed by atoms with E-state index in [1.807, 2.05) is 18.2 Å². The van der Waals surface area contributed by atoms with Crippen molar-refractivity contribution in [1.82, 2.24) is 20.4 Å². The highest BCUT2D eigenvalue weighted by Crippen LogP contribution is 2.25. The lowest BCUT2D eigenvalue weighted by Crippen LogP contribution is -2.48. The molecule has 2 N–H and O–H groups in total. The highest BCUT2D eigenvalue weighted by molar-refractivity contribution is 5.80. The molecular weight excluding hydrogens is 280 g/mol. The van der Waals surface area contributed by atoms with Crippen LogP contribution in [0.2, 0.25) is 0 Å². The molecule has 6 heteroatoms. The summed E-state index contributed by atoms with van der Waals surface area (Å²) >= 11 is 0. The zero-order valence-electron chi connectivity index (χ0n) is 12.6. The largest absolute Gasteiger partial charge is 0.336 e. The van der Waals surface area contributed by atoms with Crippen LogP contribution in [-0.2, 0) is 6.54 Å². The highest BCUT2D eigenvalue weighted by Gasteiger charge is 2.26. The second-order valence-electron chi connectivity index (χ2n) is 5.93. The van der Waals surface area contributed by atoms with E-state index < -0.39 is 0 Å². The predicted molar refractivity (Wildman–Crippen MR) is 84.7 cm³/mol. The first-order valence-corrected chi connectivity index (χ1v) is 7.62. The van der Waals surface area contributed by atoms with E-state index >= 15 is 0 Å². The Balaban J connectivity index is 1.54. The summed E-state index contributed by atoms with van der Waals surface area (Å²) in [6, 6.07) is 7.47. The van der Waals surface area contributed by atoms with E-state index in [0.717, 1.165) is 18.2 Å². The lowest BCUT2D eigenvalue weighted by Gasteiger charge is -2.33. The number of carbonyl (C=O) groups is 1. The fraction of sp³-hybridized carbons (Fsp3) is 0.438. The van der Waals surface area contributed by atoms with Gasteiger partial charge in [-0.05, 0) is 24.8 Å². The van der Waals surface area contributed by atoms with Gasteiger partial charge in [0.05, 0.1) is 18.1 Å². The van der Waals surface area contributed by atoms with Crippen molar-refractivity contribution in [2.45, 2.75) is 32.4 Å². The van der Waals surface area contributed by atoms with Crippen molar-refractivity contribution in [3.05, 3.63) is 40.8 Å². The van der Waals surface area contributed by atoms with Gasteiger partial charge in [-0.3, -0.25) is 4.79 Å². The first-order chi connectivity index (χ1) is 10.6. The summed E-state index contributed by atoms with van der Waals surface area (Å²) < 4.78 is 1.38. The maximum atomic E-state index is 12.2. The second kappa shape index (κ2) is 6.17. The third kappa shape index (κ3) is 3.10. The molecule has 1 saturated carbocycles. The summed E-state index contributed by atoms with van der Waals surface area (Å²) in [4.78, 5) is 24.0. The van der Waals surface area contributed by atoms with Crippen LogP contribution in [0.25, 0.3) is 10.8 Å². The second-order valence-corrected chi connectivity index (χ2v) is 5.93. The van der Waals surface area contributed by atoms with Crippen LogP contribution in [0.5, 0.6) is 0 Å². The maximum Gasteiger partial charge on any atom is 0.315 e. The molecule has 6 nitrogen and oxygen atoms in total. The first kappa shape index (κ1) is 14.6. The number of nitrogens with zero attached hydrogens (tertiary/aromatic N) is 2. The number of amides is 2. The van der Waals surface area contributed by atoms with Crippen LogP contribution in [-0.4, -0.2) is 28.4 Å². The molecule has 0 atom stereocenters. The predicted octanol–water partition coefficient (Wildman–Crippen LogP) is 1.49. The minimum atomic E-state index is -0.175. The monoisotopic (exact) mass is 300 g/mol. The Labute approximate surface area is 128 Å². The molecule has 116 valence electrons. The topological polar surface area (TPSA) is 76.0 Å². The lowest BCUT2D eigenvalue weighted by atomic mass is 9.82. The smallest absolute Gasteiger partial charge is 0.315 e. The van der Waals surface area contributed by atoms with Crippen molar-refractivity contribution >= 4 is 16.8 Å². The quantitative estimate of drug-likeness (QED) is 0.898. The summed E-state index contributed by atoms with van der Waals surface area (Å²) in [5.74, 6) is 0.700. The summed E-state index contributed by atoms with van der Waals surface area (Å²) in [5, 5.41) is 11.3. The fourth-order valence-electron chi connectivity index (χ4n) is 2.82. The zero-order valence-corrected chi connectivity index (χ0v) is 12.6. The third-order valence-corrected chi connectivity index (χ3v) is 4.08. The number of benzene rings is 1. The van der Waals surface area contributed by atoms with Crippen molar-refractivity contribution in [3.8, 4) is 0 Å². The number of rotatable bonds is 4. The summed E-state index contributed by atoms with van der Waals surface area (Å²) in [5.41, 5.74) is -0.131. The number of hydrogen-bond donors (Lipinski definition) is 2. The Morgan fingerprint density at radius 2 is 2.14 bits per heavy atom. The van der Waals surface area contributed by atoms with Gasteiger partial charge in [0, 0.05) is 18.0 Å². The molecule has 2 aromatic rings. The number of hydrogen-bond acceptors (Lipinski definition) is 3. The molecule has 1 aromatic carbocycles. The molecule has 0 saturated heterocycles. The van der Waals surface area contributed by atoms with Gasteiger partial charge in [-0.25, -0.2) is 9.48 Å². The van der Waals surface area contributed by atoms with E-state index in [9.17, 15) is 9.59 Å². The molecule has 1 heterocycles. The van der Waals surface area contributed by atoms with E-state index in [1.165, 1.54) is 4.68 Å². The Kier molecular flexibility index (Phi) is 4.09. The first-order valence-electron chi connectivity index (χ1n) is 7.62. The van der Waals surface area contributed by atoms with E-state index in [1.54, 1.807) is 12.3 Å². The van der Waals surface area contributed by atoms with Crippen molar-refractivity contribution in [2.75, 3.05) is 6.54 Å². The Hall–Kier alpha value is -2.37. The normalized spacial score (nSPS) is 20.4. The Morgan fingerprint density at radius 3 is 2.91 bits per heavy atom. The van der Waals surface area contributed by atoms with Gasteiger partial charge in [0.15, 0.2) is 0 Å². The van der Waals surface area contributed by atoms with Gasteiger partial charge in [0.2, 0.25) is 0 Å².